The zero-order valence-corrected chi connectivity index (χ0v) is 14.8. The predicted molar refractivity (Wildman–Crippen MR) is 94.8 cm³/mol. The number of rotatable bonds is 6. The van der Waals surface area contributed by atoms with Gasteiger partial charge in [0.25, 0.3) is 5.91 Å². The lowest BCUT2D eigenvalue weighted by Gasteiger charge is -2.37. The van der Waals surface area contributed by atoms with Crippen molar-refractivity contribution in [3.05, 3.63) is 42.0 Å². The quantitative estimate of drug-likeness (QED) is 0.827. The van der Waals surface area contributed by atoms with Crippen LogP contribution >= 0.6 is 0 Å². The molecule has 0 bridgehead atoms. The van der Waals surface area contributed by atoms with Gasteiger partial charge in [0.05, 0.1) is 12.3 Å². The number of methoxy groups -OCH3 is 1. The normalized spacial score (nSPS) is 16.6. The van der Waals surface area contributed by atoms with Crippen molar-refractivity contribution < 1.29 is 9.53 Å². The third-order valence-corrected chi connectivity index (χ3v) is 4.88. The van der Waals surface area contributed by atoms with Gasteiger partial charge in [-0.3, -0.25) is 4.79 Å². The van der Waals surface area contributed by atoms with Crippen molar-refractivity contribution >= 4 is 5.91 Å². The van der Waals surface area contributed by atoms with E-state index in [0.29, 0.717) is 18.7 Å². The summed E-state index contributed by atoms with van der Waals surface area (Å²) >= 11 is 0. The third kappa shape index (κ3) is 4.05. The van der Waals surface area contributed by atoms with Crippen LogP contribution in [0.25, 0.3) is 5.69 Å². The molecule has 7 nitrogen and oxygen atoms in total. The van der Waals surface area contributed by atoms with Crippen LogP contribution in [0.15, 0.2) is 30.9 Å². The molecule has 0 aliphatic carbocycles. The van der Waals surface area contributed by atoms with E-state index in [0.717, 1.165) is 37.2 Å². The molecule has 3 rings (SSSR count). The molecule has 1 saturated heterocycles. The zero-order valence-electron chi connectivity index (χ0n) is 14.8. The average Bonchev–Trinajstić information content (AvgIpc) is 3.15. The highest BCUT2D eigenvalue weighted by atomic mass is 16.5. The highest BCUT2D eigenvalue weighted by Crippen LogP contribution is 2.28. The molecule has 2 N–H and O–H groups in total. The van der Waals surface area contributed by atoms with Crippen molar-refractivity contribution in [3.63, 3.8) is 0 Å². The standard InChI is InChI=1S/C18H25N5O2/c1-14-9-15(23-13-20-12-22-23)3-4-16(14)17(24)21-10-18(11-25-2)5-7-19-8-6-18/h3-4,9,12-13,19H,5-8,10-11H2,1-2H3,(H,21,24). The maximum Gasteiger partial charge on any atom is 0.251 e. The molecule has 0 spiro atoms. The van der Waals surface area contributed by atoms with Gasteiger partial charge in [-0.15, -0.1) is 0 Å². The minimum atomic E-state index is -0.0448. The minimum Gasteiger partial charge on any atom is -0.384 e. The van der Waals surface area contributed by atoms with Gasteiger partial charge in [-0.05, 0) is 56.6 Å². The molecule has 1 amide bonds. The van der Waals surface area contributed by atoms with E-state index in [2.05, 4.69) is 20.7 Å². The summed E-state index contributed by atoms with van der Waals surface area (Å²) in [4.78, 5) is 16.6. The molecule has 1 aliphatic heterocycles. The second kappa shape index (κ2) is 7.76. The molecule has 2 heterocycles. The number of piperidine rings is 1. The first-order valence-electron chi connectivity index (χ1n) is 8.57. The number of aryl methyl sites for hydroxylation is 1. The van der Waals surface area contributed by atoms with Crippen molar-refractivity contribution in [1.29, 1.82) is 0 Å². The summed E-state index contributed by atoms with van der Waals surface area (Å²) in [5, 5.41) is 10.6. The van der Waals surface area contributed by atoms with Gasteiger partial charge >= 0.3 is 0 Å². The maximum absolute atomic E-state index is 12.7. The molecule has 1 aliphatic rings. The topological polar surface area (TPSA) is 81.1 Å². The second-order valence-electron chi connectivity index (χ2n) is 6.70. The molecule has 0 atom stereocenters. The molecule has 25 heavy (non-hydrogen) atoms. The van der Waals surface area contributed by atoms with Crippen LogP contribution in [0.4, 0.5) is 0 Å². The largest absolute Gasteiger partial charge is 0.384 e. The summed E-state index contributed by atoms with van der Waals surface area (Å²) in [5.74, 6) is -0.0448. The molecular weight excluding hydrogens is 318 g/mol. The lowest BCUT2D eigenvalue weighted by atomic mass is 9.79. The summed E-state index contributed by atoms with van der Waals surface area (Å²) in [7, 11) is 1.72. The fourth-order valence-corrected chi connectivity index (χ4v) is 3.39. The van der Waals surface area contributed by atoms with Gasteiger partial charge in [-0.25, -0.2) is 9.67 Å². The Balaban J connectivity index is 1.68. The second-order valence-corrected chi connectivity index (χ2v) is 6.70. The SMILES string of the molecule is COCC1(CNC(=O)c2ccc(-n3cncn3)cc2C)CCNCC1. The summed E-state index contributed by atoms with van der Waals surface area (Å²) < 4.78 is 7.09. The monoisotopic (exact) mass is 343 g/mol. The number of carbonyl (C=O) groups excluding carboxylic acids is 1. The molecule has 1 aromatic carbocycles. The fourth-order valence-electron chi connectivity index (χ4n) is 3.39. The minimum absolute atomic E-state index is 0.0181. The van der Waals surface area contributed by atoms with Gasteiger partial charge in [0.2, 0.25) is 0 Å². The molecule has 1 aromatic heterocycles. The van der Waals surface area contributed by atoms with E-state index in [1.165, 1.54) is 6.33 Å². The lowest BCUT2D eigenvalue weighted by Crippen LogP contribution is -2.47. The van der Waals surface area contributed by atoms with Crippen LogP contribution < -0.4 is 10.6 Å². The maximum atomic E-state index is 12.7. The zero-order chi connectivity index (χ0) is 17.7. The molecule has 7 heteroatoms. The van der Waals surface area contributed by atoms with E-state index in [1.807, 2.05) is 25.1 Å². The van der Waals surface area contributed by atoms with Crippen LogP contribution in [-0.2, 0) is 4.74 Å². The van der Waals surface area contributed by atoms with Crippen molar-refractivity contribution in [1.82, 2.24) is 25.4 Å². The first-order valence-corrected chi connectivity index (χ1v) is 8.57. The van der Waals surface area contributed by atoms with Crippen LogP contribution in [0.1, 0.15) is 28.8 Å². The summed E-state index contributed by atoms with van der Waals surface area (Å²) in [6.45, 7) is 5.16. The number of nitrogens with one attached hydrogen (secondary N) is 2. The van der Waals surface area contributed by atoms with E-state index in [-0.39, 0.29) is 11.3 Å². The number of aromatic nitrogens is 3. The first-order chi connectivity index (χ1) is 12.1. The van der Waals surface area contributed by atoms with Crippen molar-refractivity contribution in [2.24, 2.45) is 5.41 Å². The number of benzene rings is 1. The lowest BCUT2D eigenvalue weighted by molar-refractivity contribution is 0.0511. The summed E-state index contributed by atoms with van der Waals surface area (Å²) in [5.41, 5.74) is 2.51. The number of amides is 1. The Morgan fingerprint density at radius 2 is 2.20 bits per heavy atom. The highest BCUT2D eigenvalue weighted by molar-refractivity contribution is 5.95. The van der Waals surface area contributed by atoms with Gasteiger partial charge in [0.1, 0.15) is 12.7 Å². The number of hydrogen-bond acceptors (Lipinski definition) is 5. The van der Waals surface area contributed by atoms with Crippen molar-refractivity contribution in [2.75, 3.05) is 33.4 Å². The van der Waals surface area contributed by atoms with E-state index in [4.69, 9.17) is 4.74 Å². The van der Waals surface area contributed by atoms with Crippen molar-refractivity contribution in [3.8, 4) is 5.69 Å². The van der Waals surface area contributed by atoms with E-state index < -0.39 is 0 Å². The molecule has 0 unspecified atom stereocenters. The molecule has 1 fully saturated rings. The summed E-state index contributed by atoms with van der Waals surface area (Å²) in [6.07, 6.45) is 5.14. The number of nitrogens with zero attached hydrogens (tertiary/aromatic N) is 3. The molecule has 0 radical (unpaired) electrons. The Morgan fingerprint density at radius 1 is 1.40 bits per heavy atom. The van der Waals surface area contributed by atoms with Crippen molar-refractivity contribution in [2.45, 2.75) is 19.8 Å². The van der Waals surface area contributed by atoms with Gasteiger partial charge in [0, 0.05) is 24.6 Å². The number of hydrogen-bond donors (Lipinski definition) is 2. The van der Waals surface area contributed by atoms with E-state index in [9.17, 15) is 4.79 Å². The van der Waals surface area contributed by atoms with E-state index >= 15 is 0 Å². The third-order valence-electron chi connectivity index (χ3n) is 4.88. The molecule has 2 aromatic rings. The van der Waals surface area contributed by atoms with Crippen LogP contribution in [0.3, 0.4) is 0 Å². The Labute approximate surface area is 147 Å². The van der Waals surface area contributed by atoms with Gasteiger partial charge in [-0.2, -0.15) is 5.10 Å². The van der Waals surface area contributed by atoms with Crippen LogP contribution in [0.5, 0.6) is 0 Å². The van der Waals surface area contributed by atoms with Crippen LogP contribution in [0, 0.1) is 12.3 Å². The van der Waals surface area contributed by atoms with Crippen LogP contribution in [-0.4, -0.2) is 54.0 Å². The summed E-state index contributed by atoms with van der Waals surface area (Å²) in [6, 6.07) is 5.66. The molecular formula is C18H25N5O2. The van der Waals surface area contributed by atoms with Gasteiger partial charge < -0.3 is 15.4 Å². The number of ether oxygens (including phenoxy) is 1. The Bertz CT molecular complexity index is 703. The number of carbonyl (C=O) groups is 1. The van der Waals surface area contributed by atoms with E-state index in [1.54, 1.807) is 18.1 Å². The Morgan fingerprint density at radius 3 is 2.84 bits per heavy atom. The predicted octanol–water partition coefficient (Wildman–Crippen LogP) is 1.32. The fraction of sp³-hybridized carbons (Fsp3) is 0.500. The first kappa shape index (κ1) is 17.6. The average molecular weight is 343 g/mol. The molecule has 0 saturated carbocycles. The molecule has 134 valence electrons. The highest BCUT2D eigenvalue weighted by Gasteiger charge is 2.32. The smallest absolute Gasteiger partial charge is 0.251 e. The Kier molecular flexibility index (Phi) is 5.45. The van der Waals surface area contributed by atoms with Crippen LogP contribution in [0.2, 0.25) is 0 Å². The van der Waals surface area contributed by atoms with Gasteiger partial charge in [0.15, 0.2) is 0 Å². The Hall–Kier alpha value is -2.25. The van der Waals surface area contributed by atoms with Gasteiger partial charge in [-0.1, -0.05) is 0 Å².